The molecule has 1 aromatic rings. The lowest BCUT2D eigenvalue weighted by Gasteiger charge is -2.27. The second kappa shape index (κ2) is 5.33. The topological polar surface area (TPSA) is 41.1 Å². The number of carbonyl (C=O) groups excluding carboxylic acids is 1. The molecule has 1 amide bonds. The van der Waals surface area contributed by atoms with Crippen LogP contribution in [0.25, 0.3) is 0 Å². The zero-order chi connectivity index (χ0) is 13.2. The third-order valence-corrected chi connectivity index (χ3v) is 4.55. The lowest BCUT2D eigenvalue weighted by Crippen LogP contribution is -2.43. The first-order valence-corrected chi connectivity index (χ1v) is 7.32. The summed E-state index contributed by atoms with van der Waals surface area (Å²) in [6, 6.07) is 8.90. The summed E-state index contributed by atoms with van der Waals surface area (Å²) in [5, 5.41) is 6.55. The quantitative estimate of drug-likeness (QED) is 0.844. The molecule has 1 fully saturated rings. The van der Waals surface area contributed by atoms with Gasteiger partial charge in [0.1, 0.15) is 0 Å². The van der Waals surface area contributed by atoms with E-state index in [4.69, 9.17) is 0 Å². The van der Waals surface area contributed by atoms with E-state index < -0.39 is 0 Å². The van der Waals surface area contributed by atoms with Crippen LogP contribution in [0.4, 0.5) is 0 Å². The first kappa shape index (κ1) is 12.7. The molecular weight excluding hydrogens is 236 g/mol. The van der Waals surface area contributed by atoms with Crippen molar-refractivity contribution in [2.45, 2.75) is 32.2 Å². The van der Waals surface area contributed by atoms with Crippen LogP contribution < -0.4 is 10.6 Å². The maximum absolute atomic E-state index is 12.3. The summed E-state index contributed by atoms with van der Waals surface area (Å²) in [5.74, 6) is 0.843. The Morgan fingerprint density at radius 2 is 2.05 bits per heavy atom. The van der Waals surface area contributed by atoms with Gasteiger partial charge in [0.05, 0.1) is 5.92 Å². The van der Waals surface area contributed by atoms with Crippen LogP contribution in [0, 0.1) is 11.8 Å². The zero-order valence-electron chi connectivity index (χ0n) is 11.5. The molecule has 1 unspecified atom stereocenters. The van der Waals surface area contributed by atoms with Crippen molar-refractivity contribution < 1.29 is 4.79 Å². The number of fused-ring (bicyclic) bond motifs is 1. The van der Waals surface area contributed by atoms with Crippen LogP contribution in [0.15, 0.2) is 24.3 Å². The molecule has 1 aromatic carbocycles. The summed E-state index contributed by atoms with van der Waals surface area (Å²) < 4.78 is 0. The molecule has 0 bridgehead atoms. The highest BCUT2D eigenvalue weighted by Gasteiger charge is 2.31. The maximum atomic E-state index is 12.3. The molecule has 0 spiro atoms. The fourth-order valence-corrected chi connectivity index (χ4v) is 3.29. The highest BCUT2D eigenvalue weighted by Crippen LogP contribution is 2.22. The molecule has 3 rings (SSSR count). The first-order chi connectivity index (χ1) is 9.24. The lowest BCUT2D eigenvalue weighted by atomic mass is 9.87. The molecule has 2 aliphatic rings. The first-order valence-electron chi connectivity index (χ1n) is 7.32. The van der Waals surface area contributed by atoms with Gasteiger partial charge in [-0.15, -0.1) is 0 Å². The molecule has 102 valence electrons. The van der Waals surface area contributed by atoms with Crippen LogP contribution in [0.2, 0.25) is 0 Å². The van der Waals surface area contributed by atoms with Crippen molar-refractivity contribution in [3.63, 3.8) is 0 Å². The van der Waals surface area contributed by atoms with Crippen molar-refractivity contribution in [1.82, 2.24) is 10.6 Å². The Morgan fingerprint density at radius 3 is 2.79 bits per heavy atom. The van der Waals surface area contributed by atoms with Crippen molar-refractivity contribution in [2.75, 3.05) is 13.1 Å². The third-order valence-electron chi connectivity index (χ3n) is 4.55. The number of hydrogen-bond acceptors (Lipinski definition) is 2. The Bertz CT molecular complexity index is 472. The smallest absolute Gasteiger partial charge is 0.224 e. The van der Waals surface area contributed by atoms with Crippen LogP contribution in [0.5, 0.6) is 0 Å². The average Bonchev–Trinajstić information content (AvgIpc) is 2.85. The minimum absolute atomic E-state index is 0.150. The Hall–Kier alpha value is -1.35. The molecule has 3 nitrogen and oxygen atoms in total. The van der Waals surface area contributed by atoms with Gasteiger partial charge in [-0.05, 0) is 42.9 Å². The van der Waals surface area contributed by atoms with Gasteiger partial charge in [-0.2, -0.15) is 0 Å². The highest BCUT2D eigenvalue weighted by molar-refractivity contribution is 5.80. The van der Waals surface area contributed by atoms with Crippen LogP contribution >= 0.6 is 0 Å². The Kier molecular flexibility index (Phi) is 3.56. The summed E-state index contributed by atoms with van der Waals surface area (Å²) >= 11 is 0. The third kappa shape index (κ3) is 2.66. The van der Waals surface area contributed by atoms with Crippen molar-refractivity contribution in [1.29, 1.82) is 0 Å². The molecule has 3 heteroatoms. The van der Waals surface area contributed by atoms with Crippen LogP contribution in [0.1, 0.15) is 24.5 Å². The fourth-order valence-electron chi connectivity index (χ4n) is 3.29. The van der Waals surface area contributed by atoms with Crippen molar-refractivity contribution in [2.24, 2.45) is 11.8 Å². The molecule has 1 heterocycles. The maximum Gasteiger partial charge on any atom is 0.224 e. The molecule has 0 aromatic heterocycles. The van der Waals surface area contributed by atoms with Crippen LogP contribution in [-0.4, -0.2) is 25.0 Å². The monoisotopic (exact) mass is 258 g/mol. The van der Waals surface area contributed by atoms with Crippen LogP contribution in [-0.2, 0) is 17.6 Å². The van der Waals surface area contributed by atoms with Gasteiger partial charge in [0.2, 0.25) is 5.91 Å². The average molecular weight is 258 g/mol. The summed E-state index contributed by atoms with van der Waals surface area (Å²) in [5.41, 5.74) is 2.85. The van der Waals surface area contributed by atoms with Crippen LogP contribution in [0.3, 0.4) is 0 Å². The minimum atomic E-state index is 0.150. The van der Waals surface area contributed by atoms with Crippen molar-refractivity contribution >= 4 is 5.91 Å². The summed E-state index contributed by atoms with van der Waals surface area (Å²) in [7, 11) is 0. The number of carbonyl (C=O) groups is 1. The van der Waals surface area contributed by atoms with E-state index in [0.29, 0.717) is 12.0 Å². The number of aryl methyl sites for hydroxylation is 1. The SMILES string of the molecule is C[C@@H]1CNC[C@H]1C(=O)NC1CCc2ccccc2C1. The van der Waals surface area contributed by atoms with E-state index in [2.05, 4.69) is 41.8 Å². The van der Waals surface area contributed by atoms with Gasteiger partial charge in [-0.25, -0.2) is 0 Å². The van der Waals surface area contributed by atoms with Gasteiger partial charge in [0.15, 0.2) is 0 Å². The van der Waals surface area contributed by atoms with Crippen molar-refractivity contribution in [3.8, 4) is 0 Å². The summed E-state index contributed by atoms with van der Waals surface area (Å²) in [6.07, 6.45) is 3.13. The fraction of sp³-hybridized carbons (Fsp3) is 0.562. The van der Waals surface area contributed by atoms with Gasteiger partial charge < -0.3 is 10.6 Å². The van der Waals surface area contributed by atoms with Gasteiger partial charge >= 0.3 is 0 Å². The number of benzene rings is 1. The number of hydrogen-bond donors (Lipinski definition) is 2. The predicted octanol–water partition coefficient (Wildman–Crippen LogP) is 1.52. The summed E-state index contributed by atoms with van der Waals surface area (Å²) in [4.78, 5) is 12.3. The predicted molar refractivity (Wildman–Crippen MR) is 75.9 cm³/mol. The molecule has 1 aliphatic heterocycles. The Labute approximate surface area is 114 Å². The largest absolute Gasteiger partial charge is 0.353 e. The van der Waals surface area contributed by atoms with Gasteiger partial charge in [0, 0.05) is 12.6 Å². The minimum Gasteiger partial charge on any atom is -0.353 e. The molecule has 0 radical (unpaired) electrons. The molecule has 2 N–H and O–H groups in total. The number of nitrogens with one attached hydrogen (secondary N) is 2. The van der Waals surface area contributed by atoms with E-state index >= 15 is 0 Å². The molecular formula is C16H22N2O. The van der Waals surface area contributed by atoms with E-state index in [1.807, 2.05) is 0 Å². The molecule has 0 saturated carbocycles. The normalized spacial score (nSPS) is 29.8. The van der Waals surface area contributed by atoms with E-state index in [9.17, 15) is 4.79 Å². The van der Waals surface area contributed by atoms with E-state index in [0.717, 1.165) is 32.4 Å². The van der Waals surface area contributed by atoms with Gasteiger partial charge in [-0.3, -0.25) is 4.79 Å². The zero-order valence-corrected chi connectivity index (χ0v) is 11.5. The molecule has 1 aliphatic carbocycles. The lowest BCUT2D eigenvalue weighted by molar-refractivity contribution is -0.126. The molecule has 1 saturated heterocycles. The number of rotatable bonds is 2. The highest BCUT2D eigenvalue weighted by atomic mass is 16.2. The molecule has 19 heavy (non-hydrogen) atoms. The standard InChI is InChI=1S/C16H22N2O/c1-11-9-17-10-15(11)16(19)18-14-7-6-12-4-2-3-5-13(12)8-14/h2-5,11,14-15,17H,6-10H2,1H3,(H,18,19)/t11-,14?,15-/m1/s1. The number of amides is 1. The van der Waals surface area contributed by atoms with Gasteiger partial charge in [0.25, 0.3) is 0 Å². The Balaban J connectivity index is 1.61. The van der Waals surface area contributed by atoms with Gasteiger partial charge in [-0.1, -0.05) is 31.2 Å². The van der Waals surface area contributed by atoms with E-state index in [1.54, 1.807) is 0 Å². The Morgan fingerprint density at radius 1 is 1.26 bits per heavy atom. The second-order valence-electron chi connectivity index (χ2n) is 5.96. The second-order valence-corrected chi connectivity index (χ2v) is 5.96. The molecule has 3 atom stereocenters. The van der Waals surface area contributed by atoms with E-state index in [1.165, 1.54) is 11.1 Å². The van der Waals surface area contributed by atoms with E-state index in [-0.39, 0.29) is 11.8 Å². The van der Waals surface area contributed by atoms with Crippen molar-refractivity contribution in [3.05, 3.63) is 35.4 Å². The summed E-state index contributed by atoms with van der Waals surface area (Å²) in [6.45, 7) is 3.95.